The molecule has 0 aliphatic rings. The van der Waals surface area contributed by atoms with Gasteiger partial charge in [-0.2, -0.15) is 0 Å². The molecular weight excluding hydrogens is 384 g/mol. The molecule has 3 amide bonds. The standard InChI is InChI=1S/C22H42N4O4/c1-7-10-16(4)21(29)18(11-8-9-12-24-17(5)27)26-20(28)14-25-22(30)19(23-6)13-15(2)3/h15-16,18-19,23H,7-14H2,1-6H3,(H,24,27)(H,25,30)(H,26,28)/t16?,18-,19-/m0/s1. The number of nitrogens with one attached hydrogen (secondary N) is 4. The third-order valence-electron chi connectivity index (χ3n) is 4.97. The van der Waals surface area contributed by atoms with Crippen molar-refractivity contribution in [3.05, 3.63) is 0 Å². The second-order valence-electron chi connectivity index (χ2n) is 8.38. The molecule has 8 nitrogen and oxygen atoms in total. The van der Waals surface area contributed by atoms with E-state index in [0.29, 0.717) is 31.7 Å². The smallest absolute Gasteiger partial charge is 0.239 e. The zero-order valence-corrected chi connectivity index (χ0v) is 19.6. The van der Waals surface area contributed by atoms with E-state index < -0.39 is 6.04 Å². The van der Waals surface area contributed by atoms with Gasteiger partial charge in [-0.1, -0.05) is 34.1 Å². The number of hydrogen-bond acceptors (Lipinski definition) is 5. The fourth-order valence-electron chi connectivity index (χ4n) is 3.31. The van der Waals surface area contributed by atoms with Crippen LogP contribution >= 0.6 is 0 Å². The number of unbranched alkanes of at least 4 members (excludes halogenated alkanes) is 1. The van der Waals surface area contributed by atoms with Crippen LogP contribution in [0.25, 0.3) is 0 Å². The van der Waals surface area contributed by atoms with E-state index in [-0.39, 0.29) is 42.0 Å². The molecule has 0 aliphatic carbocycles. The summed E-state index contributed by atoms with van der Waals surface area (Å²) in [6.07, 6.45) is 4.29. The molecular formula is C22H42N4O4. The zero-order chi connectivity index (χ0) is 23.1. The highest BCUT2D eigenvalue weighted by molar-refractivity contribution is 5.92. The summed E-state index contributed by atoms with van der Waals surface area (Å²) in [6, 6.07) is -0.933. The van der Waals surface area contributed by atoms with Gasteiger partial charge >= 0.3 is 0 Å². The number of carbonyl (C=O) groups excluding carboxylic acids is 4. The summed E-state index contributed by atoms with van der Waals surface area (Å²) >= 11 is 0. The molecule has 8 heteroatoms. The maximum Gasteiger partial charge on any atom is 0.239 e. The van der Waals surface area contributed by atoms with Crippen LogP contribution < -0.4 is 21.3 Å². The molecule has 30 heavy (non-hydrogen) atoms. The summed E-state index contributed by atoms with van der Waals surface area (Å²) in [6.45, 7) is 9.82. The summed E-state index contributed by atoms with van der Waals surface area (Å²) < 4.78 is 0. The minimum absolute atomic E-state index is 0.0176. The number of carbonyl (C=O) groups is 4. The molecule has 0 spiro atoms. The number of Topliss-reactive ketones (excluding diaryl/α,β-unsaturated/α-hetero) is 1. The van der Waals surface area contributed by atoms with Crippen molar-refractivity contribution in [1.82, 2.24) is 21.3 Å². The summed E-state index contributed by atoms with van der Waals surface area (Å²) in [5, 5.41) is 11.1. The molecule has 0 aliphatic heterocycles. The van der Waals surface area contributed by atoms with Crippen LogP contribution in [0.3, 0.4) is 0 Å². The summed E-state index contributed by atoms with van der Waals surface area (Å²) in [5.74, 6) is -0.443. The van der Waals surface area contributed by atoms with Crippen molar-refractivity contribution in [3.8, 4) is 0 Å². The first-order valence-corrected chi connectivity index (χ1v) is 11.1. The maximum atomic E-state index is 12.8. The maximum absolute atomic E-state index is 12.8. The monoisotopic (exact) mass is 426 g/mol. The van der Waals surface area contributed by atoms with Crippen molar-refractivity contribution in [3.63, 3.8) is 0 Å². The van der Waals surface area contributed by atoms with Gasteiger partial charge in [-0.3, -0.25) is 19.2 Å². The van der Waals surface area contributed by atoms with Gasteiger partial charge < -0.3 is 21.3 Å². The Kier molecular flexibility index (Phi) is 14.8. The van der Waals surface area contributed by atoms with E-state index in [1.807, 2.05) is 27.7 Å². The van der Waals surface area contributed by atoms with Gasteiger partial charge in [0.25, 0.3) is 0 Å². The lowest BCUT2D eigenvalue weighted by atomic mass is 9.92. The van der Waals surface area contributed by atoms with Gasteiger partial charge in [0.1, 0.15) is 0 Å². The number of likely N-dealkylation sites (N-methyl/N-ethyl adjacent to an activating group) is 1. The highest BCUT2D eigenvalue weighted by Crippen LogP contribution is 2.13. The number of hydrogen-bond donors (Lipinski definition) is 4. The molecule has 0 heterocycles. The predicted molar refractivity (Wildman–Crippen MR) is 119 cm³/mol. The molecule has 3 atom stereocenters. The summed E-state index contributed by atoms with van der Waals surface area (Å²) in [7, 11) is 1.72. The van der Waals surface area contributed by atoms with Crippen molar-refractivity contribution in [1.29, 1.82) is 0 Å². The molecule has 0 fully saturated rings. The van der Waals surface area contributed by atoms with Crippen molar-refractivity contribution in [2.24, 2.45) is 11.8 Å². The van der Waals surface area contributed by atoms with Crippen LogP contribution in [0.5, 0.6) is 0 Å². The average Bonchev–Trinajstić information content (AvgIpc) is 2.68. The molecule has 1 unspecified atom stereocenters. The van der Waals surface area contributed by atoms with Gasteiger partial charge in [0, 0.05) is 19.4 Å². The Morgan fingerprint density at radius 2 is 1.57 bits per heavy atom. The average molecular weight is 427 g/mol. The topological polar surface area (TPSA) is 116 Å². The van der Waals surface area contributed by atoms with E-state index >= 15 is 0 Å². The minimum Gasteiger partial charge on any atom is -0.356 e. The largest absolute Gasteiger partial charge is 0.356 e. The number of amides is 3. The third kappa shape index (κ3) is 12.6. The zero-order valence-electron chi connectivity index (χ0n) is 19.6. The molecule has 0 radical (unpaired) electrons. The Hall–Kier alpha value is -1.96. The Balaban J connectivity index is 4.74. The first-order valence-electron chi connectivity index (χ1n) is 11.1. The van der Waals surface area contributed by atoms with E-state index in [1.54, 1.807) is 7.05 Å². The Morgan fingerprint density at radius 3 is 2.10 bits per heavy atom. The van der Waals surface area contributed by atoms with E-state index in [0.717, 1.165) is 19.3 Å². The van der Waals surface area contributed by atoms with E-state index in [2.05, 4.69) is 21.3 Å². The highest BCUT2D eigenvalue weighted by Gasteiger charge is 2.25. The van der Waals surface area contributed by atoms with Crippen LogP contribution in [0.4, 0.5) is 0 Å². The number of rotatable bonds is 16. The fourth-order valence-corrected chi connectivity index (χ4v) is 3.31. The van der Waals surface area contributed by atoms with Gasteiger partial charge in [-0.15, -0.1) is 0 Å². The predicted octanol–water partition coefficient (Wildman–Crippen LogP) is 1.53. The van der Waals surface area contributed by atoms with Gasteiger partial charge in [0.15, 0.2) is 5.78 Å². The molecule has 174 valence electrons. The Bertz CT molecular complexity index is 551. The van der Waals surface area contributed by atoms with Crippen LogP contribution in [0, 0.1) is 11.8 Å². The number of ketones is 1. The van der Waals surface area contributed by atoms with Crippen molar-refractivity contribution < 1.29 is 19.2 Å². The van der Waals surface area contributed by atoms with Gasteiger partial charge in [0.05, 0.1) is 18.6 Å². The second kappa shape index (κ2) is 15.8. The molecule has 0 rings (SSSR count). The van der Waals surface area contributed by atoms with Crippen molar-refractivity contribution in [2.75, 3.05) is 20.1 Å². The minimum atomic E-state index is -0.580. The lowest BCUT2D eigenvalue weighted by Gasteiger charge is -2.22. The van der Waals surface area contributed by atoms with Crippen LogP contribution in [0.2, 0.25) is 0 Å². The molecule has 0 saturated heterocycles. The molecule has 0 saturated carbocycles. The fraction of sp³-hybridized carbons (Fsp3) is 0.818. The first kappa shape index (κ1) is 28.0. The van der Waals surface area contributed by atoms with Crippen molar-refractivity contribution in [2.45, 2.75) is 85.2 Å². The highest BCUT2D eigenvalue weighted by atomic mass is 16.2. The Labute approximate surface area is 181 Å². The van der Waals surface area contributed by atoms with E-state index in [4.69, 9.17) is 0 Å². The quantitative estimate of drug-likeness (QED) is 0.279. The van der Waals surface area contributed by atoms with Crippen LogP contribution in [0.15, 0.2) is 0 Å². The van der Waals surface area contributed by atoms with Gasteiger partial charge in [-0.05, 0) is 45.1 Å². The first-order chi connectivity index (χ1) is 14.1. The molecule has 0 aromatic heterocycles. The molecule has 0 aromatic rings. The van der Waals surface area contributed by atoms with Crippen LogP contribution in [-0.4, -0.2) is 55.7 Å². The third-order valence-corrected chi connectivity index (χ3v) is 4.97. The van der Waals surface area contributed by atoms with Crippen LogP contribution in [0.1, 0.15) is 73.1 Å². The normalized spacial score (nSPS) is 14.0. The second-order valence-corrected chi connectivity index (χ2v) is 8.38. The summed E-state index contributed by atoms with van der Waals surface area (Å²) in [5.41, 5.74) is 0. The van der Waals surface area contributed by atoms with Crippen molar-refractivity contribution >= 4 is 23.5 Å². The molecule has 0 aromatic carbocycles. The van der Waals surface area contributed by atoms with E-state index in [1.165, 1.54) is 6.92 Å². The SMILES string of the molecule is CCCC(C)C(=O)[C@H](CCCCNC(C)=O)NC(=O)CNC(=O)[C@H](CC(C)C)NC. The lowest BCUT2D eigenvalue weighted by molar-refractivity contribution is -0.131. The summed E-state index contributed by atoms with van der Waals surface area (Å²) in [4.78, 5) is 48.4. The van der Waals surface area contributed by atoms with Gasteiger partial charge in [0.2, 0.25) is 17.7 Å². The molecule has 0 bridgehead atoms. The lowest BCUT2D eigenvalue weighted by Crippen LogP contribution is -2.50. The molecule has 4 N–H and O–H groups in total. The van der Waals surface area contributed by atoms with Crippen LogP contribution in [-0.2, 0) is 19.2 Å². The van der Waals surface area contributed by atoms with Gasteiger partial charge in [-0.25, -0.2) is 0 Å². The Morgan fingerprint density at radius 1 is 0.900 bits per heavy atom. The van der Waals surface area contributed by atoms with E-state index in [9.17, 15) is 19.2 Å².